The smallest absolute Gasteiger partial charge is 0.334 e. The van der Waals surface area contributed by atoms with Gasteiger partial charge in [0.1, 0.15) is 0 Å². The van der Waals surface area contributed by atoms with Gasteiger partial charge >= 0.3 is 11.9 Å². The average Bonchev–Trinajstić information content (AvgIpc) is 2.76. The van der Waals surface area contributed by atoms with Gasteiger partial charge in [-0.15, -0.1) is 5.06 Å². The molecule has 0 aliphatic carbocycles. The summed E-state index contributed by atoms with van der Waals surface area (Å²) in [4.78, 5) is 50.3. The summed E-state index contributed by atoms with van der Waals surface area (Å²) < 4.78 is 4.58. The van der Waals surface area contributed by atoms with Crippen molar-refractivity contribution >= 4 is 45.3 Å². The van der Waals surface area contributed by atoms with Crippen molar-refractivity contribution < 1.29 is 28.8 Å². The van der Waals surface area contributed by atoms with Gasteiger partial charge in [-0.05, 0) is 0 Å². The van der Waals surface area contributed by atoms with E-state index in [2.05, 4.69) is 4.74 Å². The zero-order chi connectivity index (χ0) is 16.7. The van der Waals surface area contributed by atoms with Crippen molar-refractivity contribution in [3.8, 4) is 0 Å². The normalized spacial score (nSPS) is 17.3. The number of hydrogen-bond donors (Lipinski definition) is 0. The van der Waals surface area contributed by atoms with Crippen LogP contribution in [0.1, 0.15) is 39.5 Å². The second-order valence-electron chi connectivity index (χ2n) is 4.84. The largest absolute Gasteiger partial charge is 0.469 e. The molecule has 9 heteroatoms. The van der Waals surface area contributed by atoms with Gasteiger partial charge in [0.15, 0.2) is 0 Å². The molecule has 0 N–H and O–H groups in total. The van der Waals surface area contributed by atoms with Gasteiger partial charge in [-0.2, -0.15) is 0 Å². The average molecular weight is 349 g/mol. The van der Waals surface area contributed by atoms with E-state index in [4.69, 9.17) is 4.84 Å². The molecule has 1 aliphatic rings. The molecule has 1 aliphatic heterocycles. The summed E-state index contributed by atoms with van der Waals surface area (Å²) in [5, 5.41) is 0.523. The molecular weight excluding hydrogens is 330 g/mol. The van der Waals surface area contributed by atoms with E-state index in [1.165, 1.54) is 28.7 Å². The van der Waals surface area contributed by atoms with E-state index < -0.39 is 17.8 Å². The number of carbonyl (C=O) groups excluding carboxylic acids is 4. The number of esters is 1. The van der Waals surface area contributed by atoms with Gasteiger partial charge in [0, 0.05) is 23.3 Å². The fourth-order valence-corrected chi connectivity index (χ4v) is 3.94. The highest BCUT2D eigenvalue weighted by Crippen LogP contribution is 2.34. The highest BCUT2D eigenvalue weighted by molar-refractivity contribution is 8.77. The van der Waals surface area contributed by atoms with Crippen LogP contribution in [-0.2, 0) is 28.8 Å². The van der Waals surface area contributed by atoms with Crippen molar-refractivity contribution in [1.82, 2.24) is 5.06 Å². The molecule has 124 valence electrons. The van der Waals surface area contributed by atoms with Gasteiger partial charge < -0.3 is 9.57 Å². The Morgan fingerprint density at radius 2 is 1.50 bits per heavy atom. The summed E-state index contributed by atoms with van der Waals surface area (Å²) in [6, 6.07) is 0. The number of hydrogen-bond acceptors (Lipinski definition) is 8. The first kappa shape index (κ1) is 18.8. The number of amides is 2. The lowest BCUT2D eigenvalue weighted by Gasteiger charge is -2.16. The van der Waals surface area contributed by atoms with Crippen LogP contribution < -0.4 is 0 Å². The molecule has 1 saturated heterocycles. The second-order valence-corrected chi connectivity index (χ2v) is 7.99. The summed E-state index contributed by atoms with van der Waals surface area (Å²) in [6.07, 6.45) is 0.524. The molecule has 0 bridgehead atoms. The predicted molar refractivity (Wildman–Crippen MR) is 82.5 cm³/mol. The zero-order valence-corrected chi connectivity index (χ0v) is 14.3. The van der Waals surface area contributed by atoms with Gasteiger partial charge in [-0.1, -0.05) is 35.4 Å². The lowest BCUT2D eigenvalue weighted by atomic mass is 10.3. The lowest BCUT2D eigenvalue weighted by Crippen LogP contribution is -2.32. The summed E-state index contributed by atoms with van der Waals surface area (Å²) in [6.45, 7) is 3.72. The van der Waals surface area contributed by atoms with Crippen LogP contribution >= 0.6 is 21.6 Å². The molecular formula is C13H19NO6S2. The molecule has 0 aromatic carbocycles. The Morgan fingerprint density at radius 3 is 1.95 bits per heavy atom. The molecule has 0 radical (unpaired) electrons. The fraction of sp³-hybridized carbons (Fsp3) is 0.692. The summed E-state index contributed by atoms with van der Waals surface area (Å²) in [5.74, 6) is -1.87. The molecule has 22 heavy (non-hydrogen) atoms. The number of imide groups is 1. The minimum Gasteiger partial charge on any atom is -0.469 e. The van der Waals surface area contributed by atoms with Gasteiger partial charge in [0.25, 0.3) is 11.8 Å². The third-order valence-corrected chi connectivity index (χ3v) is 6.12. The molecule has 2 amide bonds. The molecule has 2 unspecified atom stereocenters. The van der Waals surface area contributed by atoms with Crippen molar-refractivity contribution in [2.75, 3.05) is 7.11 Å². The molecule has 0 spiro atoms. The van der Waals surface area contributed by atoms with Crippen molar-refractivity contribution in [3.63, 3.8) is 0 Å². The maximum atomic E-state index is 11.7. The Morgan fingerprint density at radius 1 is 1.05 bits per heavy atom. The number of nitrogens with zero attached hydrogens (tertiary/aromatic N) is 1. The van der Waals surface area contributed by atoms with Crippen molar-refractivity contribution in [1.29, 1.82) is 0 Å². The van der Waals surface area contributed by atoms with Gasteiger partial charge in [-0.3, -0.25) is 14.4 Å². The standard InChI is InChI=1S/C13H19NO6S2/c1-8(6-12(17)19-3)21-22-9(2)7-13(18)20-14-10(15)4-5-11(14)16/h8-9H,4-7H2,1-3H3. The number of carbonyl (C=O) groups is 4. The lowest BCUT2D eigenvalue weighted by molar-refractivity contribution is -0.197. The Hall–Kier alpha value is -1.22. The SMILES string of the molecule is COC(=O)CC(C)SSC(C)CC(=O)ON1C(=O)CCC1=O. The van der Waals surface area contributed by atoms with Crippen LogP contribution in [0.4, 0.5) is 0 Å². The number of ether oxygens (including phenoxy) is 1. The van der Waals surface area contributed by atoms with E-state index in [1.54, 1.807) is 0 Å². The first-order valence-corrected chi connectivity index (χ1v) is 9.06. The fourth-order valence-electron chi connectivity index (χ4n) is 1.61. The van der Waals surface area contributed by atoms with Gasteiger partial charge in [0.05, 0.1) is 20.0 Å². The monoisotopic (exact) mass is 349 g/mol. The van der Waals surface area contributed by atoms with Crippen LogP contribution in [0.3, 0.4) is 0 Å². The minimum absolute atomic E-state index is 0.0534. The third-order valence-electron chi connectivity index (χ3n) is 2.72. The first-order valence-electron chi connectivity index (χ1n) is 6.79. The maximum Gasteiger partial charge on any atom is 0.334 e. The van der Waals surface area contributed by atoms with Crippen LogP contribution in [0.2, 0.25) is 0 Å². The Labute approximate surface area is 136 Å². The highest BCUT2D eigenvalue weighted by atomic mass is 33.1. The van der Waals surface area contributed by atoms with E-state index in [9.17, 15) is 19.2 Å². The third kappa shape index (κ3) is 6.27. The van der Waals surface area contributed by atoms with Crippen LogP contribution in [0.25, 0.3) is 0 Å². The van der Waals surface area contributed by atoms with Crippen LogP contribution in [0, 0.1) is 0 Å². The Balaban J connectivity index is 2.28. The molecule has 0 aromatic heterocycles. The number of hydroxylamine groups is 2. The van der Waals surface area contributed by atoms with Gasteiger partial charge in [-0.25, -0.2) is 4.79 Å². The maximum absolute atomic E-state index is 11.7. The molecule has 7 nitrogen and oxygen atoms in total. The number of rotatable bonds is 8. The molecule has 1 rings (SSSR count). The minimum atomic E-state index is -0.621. The molecule has 2 atom stereocenters. The van der Waals surface area contributed by atoms with Gasteiger partial charge in [0.2, 0.25) is 0 Å². The summed E-state index contributed by atoms with van der Waals surface area (Å²) in [5.41, 5.74) is 0. The molecule has 1 fully saturated rings. The van der Waals surface area contributed by atoms with Crippen LogP contribution in [-0.4, -0.2) is 46.4 Å². The van der Waals surface area contributed by atoms with E-state index in [0.29, 0.717) is 11.5 Å². The Kier molecular flexibility index (Phi) is 7.74. The first-order chi connectivity index (χ1) is 10.3. The predicted octanol–water partition coefficient (Wildman–Crippen LogP) is 1.71. The topological polar surface area (TPSA) is 90.0 Å². The molecule has 0 saturated carbocycles. The second kappa shape index (κ2) is 9.04. The van der Waals surface area contributed by atoms with Crippen molar-refractivity contribution in [2.45, 2.75) is 50.0 Å². The quantitative estimate of drug-likeness (QED) is 0.372. The van der Waals surface area contributed by atoms with E-state index in [-0.39, 0.29) is 35.7 Å². The highest BCUT2D eigenvalue weighted by Gasteiger charge is 2.33. The van der Waals surface area contributed by atoms with E-state index in [1.807, 2.05) is 13.8 Å². The number of methoxy groups -OCH3 is 1. The van der Waals surface area contributed by atoms with Crippen molar-refractivity contribution in [2.24, 2.45) is 0 Å². The van der Waals surface area contributed by atoms with E-state index in [0.717, 1.165) is 0 Å². The molecule has 0 aromatic rings. The van der Waals surface area contributed by atoms with Crippen LogP contribution in [0.15, 0.2) is 0 Å². The summed E-state index contributed by atoms with van der Waals surface area (Å²) in [7, 11) is 4.26. The zero-order valence-electron chi connectivity index (χ0n) is 12.7. The van der Waals surface area contributed by atoms with Crippen LogP contribution in [0.5, 0.6) is 0 Å². The summed E-state index contributed by atoms with van der Waals surface area (Å²) >= 11 is 0. The van der Waals surface area contributed by atoms with Crippen molar-refractivity contribution in [3.05, 3.63) is 0 Å². The Bertz CT molecular complexity index is 440. The molecule has 1 heterocycles. The van der Waals surface area contributed by atoms with E-state index >= 15 is 0 Å².